The van der Waals surface area contributed by atoms with Crippen molar-refractivity contribution in [2.24, 2.45) is 11.3 Å². The van der Waals surface area contributed by atoms with Crippen LogP contribution in [0.15, 0.2) is 34.9 Å². The Hall–Kier alpha value is -2.41. The SMILES string of the molecule is O=C(O)[C@]12COCC[C@H]1CN(c1nc(-c3ccccc3)no1)C2. The van der Waals surface area contributed by atoms with Crippen molar-refractivity contribution in [2.75, 3.05) is 31.2 Å². The van der Waals surface area contributed by atoms with Gasteiger partial charge in [-0.25, -0.2) is 0 Å². The third-order valence-corrected chi connectivity index (χ3v) is 4.81. The average molecular weight is 315 g/mol. The molecule has 0 bridgehead atoms. The van der Waals surface area contributed by atoms with Crippen LogP contribution in [0.5, 0.6) is 0 Å². The van der Waals surface area contributed by atoms with Crippen molar-refractivity contribution >= 4 is 12.0 Å². The molecule has 2 saturated heterocycles. The van der Waals surface area contributed by atoms with E-state index in [4.69, 9.17) is 9.26 Å². The smallest absolute Gasteiger partial charge is 0.324 e. The number of nitrogens with zero attached hydrogens (tertiary/aromatic N) is 3. The van der Waals surface area contributed by atoms with Crippen LogP contribution in [0.4, 0.5) is 6.01 Å². The highest BCUT2D eigenvalue weighted by molar-refractivity contribution is 5.77. The zero-order valence-corrected chi connectivity index (χ0v) is 12.5. The molecular weight excluding hydrogens is 298 g/mol. The zero-order chi connectivity index (χ0) is 15.9. The van der Waals surface area contributed by atoms with Gasteiger partial charge in [0.2, 0.25) is 5.82 Å². The van der Waals surface area contributed by atoms with E-state index in [9.17, 15) is 9.90 Å². The van der Waals surface area contributed by atoms with E-state index in [0.29, 0.717) is 31.5 Å². The summed E-state index contributed by atoms with van der Waals surface area (Å²) in [6, 6.07) is 9.93. The van der Waals surface area contributed by atoms with Crippen LogP contribution in [-0.4, -0.2) is 47.5 Å². The van der Waals surface area contributed by atoms with Crippen LogP contribution < -0.4 is 4.90 Å². The van der Waals surface area contributed by atoms with Crippen LogP contribution in [0, 0.1) is 11.3 Å². The molecule has 1 aromatic heterocycles. The highest BCUT2D eigenvalue weighted by atomic mass is 16.5. The van der Waals surface area contributed by atoms with Gasteiger partial charge in [0.25, 0.3) is 0 Å². The van der Waals surface area contributed by atoms with E-state index in [1.807, 2.05) is 35.2 Å². The Morgan fingerprint density at radius 1 is 1.35 bits per heavy atom. The highest BCUT2D eigenvalue weighted by Gasteiger charge is 2.55. The molecule has 7 heteroatoms. The van der Waals surface area contributed by atoms with Crippen molar-refractivity contribution in [3.8, 4) is 11.4 Å². The molecule has 4 rings (SSSR count). The zero-order valence-electron chi connectivity index (χ0n) is 12.5. The standard InChI is InChI=1S/C16H17N3O4/c20-14(21)16-9-19(8-12(16)6-7-22-10-16)15-17-13(18-23-15)11-4-2-1-3-5-11/h1-5,12H,6-10H2,(H,20,21)/t12-,16+/m0/s1. The van der Waals surface area contributed by atoms with Gasteiger partial charge in [-0.1, -0.05) is 35.5 Å². The number of fused-ring (bicyclic) bond motifs is 1. The lowest BCUT2D eigenvalue weighted by molar-refractivity contribution is -0.159. The van der Waals surface area contributed by atoms with Gasteiger partial charge in [0.05, 0.1) is 6.61 Å². The lowest BCUT2D eigenvalue weighted by Gasteiger charge is -2.33. The molecule has 2 aliphatic heterocycles. The van der Waals surface area contributed by atoms with Crippen LogP contribution in [0.2, 0.25) is 0 Å². The van der Waals surface area contributed by atoms with E-state index in [0.717, 1.165) is 12.0 Å². The number of carboxylic acid groups (broad SMARTS) is 1. The number of rotatable bonds is 3. The summed E-state index contributed by atoms with van der Waals surface area (Å²) in [4.78, 5) is 18.1. The van der Waals surface area contributed by atoms with Crippen LogP contribution in [0.3, 0.4) is 0 Å². The third kappa shape index (κ3) is 2.28. The second-order valence-electron chi connectivity index (χ2n) is 6.15. The van der Waals surface area contributed by atoms with Crippen molar-refractivity contribution in [2.45, 2.75) is 6.42 Å². The summed E-state index contributed by atoms with van der Waals surface area (Å²) < 4.78 is 10.8. The molecule has 120 valence electrons. The summed E-state index contributed by atoms with van der Waals surface area (Å²) in [5.41, 5.74) is -0.00463. The molecular formula is C16H17N3O4. The number of ether oxygens (including phenoxy) is 1. The third-order valence-electron chi connectivity index (χ3n) is 4.81. The number of aromatic nitrogens is 2. The van der Waals surface area contributed by atoms with Crippen molar-refractivity contribution < 1.29 is 19.2 Å². The Labute approximate surface area is 132 Å². The molecule has 0 saturated carbocycles. The van der Waals surface area contributed by atoms with E-state index in [1.54, 1.807) is 0 Å². The fraction of sp³-hybridized carbons (Fsp3) is 0.438. The van der Waals surface area contributed by atoms with Crippen LogP contribution in [-0.2, 0) is 9.53 Å². The number of carbonyl (C=O) groups is 1. The number of aliphatic carboxylic acids is 1. The Balaban J connectivity index is 1.60. The monoisotopic (exact) mass is 315 g/mol. The van der Waals surface area contributed by atoms with Gasteiger partial charge in [0.1, 0.15) is 5.41 Å². The molecule has 1 N–H and O–H groups in total. The fourth-order valence-electron chi connectivity index (χ4n) is 3.48. The molecule has 0 aliphatic carbocycles. The average Bonchev–Trinajstić information content (AvgIpc) is 3.21. The van der Waals surface area contributed by atoms with Gasteiger partial charge in [-0.15, -0.1) is 0 Å². The second kappa shape index (κ2) is 5.34. The minimum atomic E-state index is -0.875. The molecule has 0 unspecified atom stereocenters. The molecule has 0 spiro atoms. The van der Waals surface area contributed by atoms with E-state index >= 15 is 0 Å². The molecule has 2 aromatic rings. The molecule has 0 amide bonds. The first-order valence-electron chi connectivity index (χ1n) is 7.64. The van der Waals surface area contributed by atoms with Crippen molar-refractivity contribution in [3.05, 3.63) is 30.3 Å². The first kappa shape index (κ1) is 14.2. The Bertz CT molecular complexity index is 717. The lowest BCUT2D eigenvalue weighted by atomic mass is 9.76. The summed E-state index contributed by atoms with van der Waals surface area (Å²) in [5.74, 6) is -0.260. The summed E-state index contributed by atoms with van der Waals surface area (Å²) >= 11 is 0. The van der Waals surface area contributed by atoms with Gasteiger partial charge in [0.15, 0.2) is 0 Å². The first-order valence-corrected chi connectivity index (χ1v) is 7.64. The Morgan fingerprint density at radius 3 is 2.91 bits per heavy atom. The second-order valence-corrected chi connectivity index (χ2v) is 6.15. The minimum Gasteiger partial charge on any atom is -0.481 e. The maximum atomic E-state index is 11.8. The van der Waals surface area contributed by atoms with E-state index in [2.05, 4.69) is 10.1 Å². The Kier molecular flexibility index (Phi) is 3.30. The van der Waals surface area contributed by atoms with Crippen LogP contribution in [0.1, 0.15) is 6.42 Å². The molecule has 7 nitrogen and oxygen atoms in total. The maximum Gasteiger partial charge on any atom is 0.324 e. The Morgan fingerprint density at radius 2 is 2.17 bits per heavy atom. The lowest BCUT2D eigenvalue weighted by Crippen LogP contribution is -2.46. The van der Waals surface area contributed by atoms with Crippen LogP contribution in [0.25, 0.3) is 11.4 Å². The topological polar surface area (TPSA) is 88.7 Å². The fourth-order valence-corrected chi connectivity index (χ4v) is 3.48. The summed E-state index contributed by atoms with van der Waals surface area (Å²) in [6.45, 7) is 1.78. The summed E-state index contributed by atoms with van der Waals surface area (Å²) in [6.07, 6.45) is 0.739. The number of benzene rings is 1. The molecule has 1 aromatic carbocycles. The normalized spacial score (nSPS) is 27.0. The number of anilines is 1. The number of carboxylic acids is 1. The van der Waals surface area contributed by atoms with E-state index < -0.39 is 11.4 Å². The van der Waals surface area contributed by atoms with E-state index in [-0.39, 0.29) is 12.5 Å². The molecule has 2 atom stereocenters. The quantitative estimate of drug-likeness (QED) is 0.921. The molecule has 0 radical (unpaired) electrons. The van der Waals surface area contributed by atoms with E-state index in [1.165, 1.54) is 0 Å². The first-order chi connectivity index (χ1) is 11.2. The van der Waals surface area contributed by atoms with Gasteiger partial charge < -0.3 is 19.3 Å². The van der Waals surface area contributed by atoms with Crippen molar-refractivity contribution in [1.82, 2.24) is 10.1 Å². The predicted molar refractivity (Wildman–Crippen MR) is 80.9 cm³/mol. The largest absolute Gasteiger partial charge is 0.481 e. The molecule has 2 aliphatic rings. The van der Waals surface area contributed by atoms with Crippen LogP contribution >= 0.6 is 0 Å². The van der Waals surface area contributed by atoms with Gasteiger partial charge in [-0.05, 0) is 12.3 Å². The van der Waals surface area contributed by atoms with Crippen molar-refractivity contribution in [3.63, 3.8) is 0 Å². The van der Waals surface area contributed by atoms with Gasteiger partial charge in [0, 0.05) is 25.3 Å². The highest BCUT2D eigenvalue weighted by Crippen LogP contribution is 2.43. The number of hydrogen-bond acceptors (Lipinski definition) is 6. The van der Waals surface area contributed by atoms with Gasteiger partial charge >= 0.3 is 12.0 Å². The molecule has 23 heavy (non-hydrogen) atoms. The van der Waals surface area contributed by atoms with Crippen molar-refractivity contribution in [1.29, 1.82) is 0 Å². The minimum absolute atomic E-state index is 0.0424. The number of hydrogen-bond donors (Lipinski definition) is 1. The summed E-state index contributed by atoms with van der Waals surface area (Å²) in [7, 11) is 0. The predicted octanol–water partition coefficient (Wildman–Crippen LogP) is 1.66. The summed E-state index contributed by atoms with van der Waals surface area (Å²) in [5, 5.41) is 13.7. The van der Waals surface area contributed by atoms with Gasteiger partial charge in [-0.3, -0.25) is 4.79 Å². The van der Waals surface area contributed by atoms with Gasteiger partial charge in [-0.2, -0.15) is 4.98 Å². The maximum absolute atomic E-state index is 11.8. The molecule has 3 heterocycles. The molecule has 2 fully saturated rings.